The van der Waals surface area contributed by atoms with E-state index in [-0.39, 0.29) is 118 Å². The molecule has 0 bridgehead atoms. The maximum Gasteiger partial charge on any atom is 1.00 e. The minimum absolute atomic E-state index is 0. The molecule has 0 heterocycles. The van der Waals surface area contributed by atoms with Crippen LogP contribution in [0, 0.1) is 0 Å². The van der Waals surface area contributed by atoms with Gasteiger partial charge in [0.25, 0.3) is 0 Å². The van der Waals surface area contributed by atoms with Crippen molar-refractivity contribution in [2.45, 2.75) is 35.3 Å². The summed E-state index contributed by atoms with van der Waals surface area (Å²) in [4.78, 5) is 45.2. The van der Waals surface area contributed by atoms with Gasteiger partial charge < -0.3 is 38.9 Å². The first-order valence-electron chi connectivity index (χ1n) is 18.9. The zero-order valence-corrected chi connectivity index (χ0v) is 51.1. The van der Waals surface area contributed by atoms with Crippen molar-refractivity contribution in [2.75, 3.05) is 0 Å². The second-order valence-corrected chi connectivity index (χ2v) is 22.8. The summed E-state index contributed by atoms with van der Waals surface area (Å²) in [6.45, 7) is 0. The van der Waals surface area contributed by atoms with Crippen molar-refractivity contribution in [2.24, 2.45) is 0 Å². The zero-order chi connectivity index (χ0) is 48.1. The van der Waals surface area contributed by atoms with Crippen LogP contribution in [0.5, 0.6) is 11.5 Å². The molecule has 0 aliphatic carbocycles. The maximum absolute atomic E-state index is 12.2. The van der Waals surface area contributed by atoms with Crippen LogP contribution < -0.4 is 148 Å². The number of aromatic hydroxyl groups is 2. The maximum atomic E-state index is 12.2. The molecule has 14 nitrogen and oxygen atoms in total. The first kappa shape index (κ1) is 68.0. The molecule has 0 saturated carbocycles. The van der Waals surface area contributed by atoms with Gasteiger partial charge in [0, 0.05) is 33.6 Å². The van der Waals surface area contributed by atoms with Crippen LogP contribution in [0.4, 0.5) is 18.1 Å². The second-order valence-electron chi connectivity index (χ2n) is 14.2. The van der Waals surface area contributed by atoms with E-state index in [2.05, 4.69) is 18.9 Å². The van der Waals surface area contributed by atoms with Crippen LogP contribution in [0.15, 0.2) is 133 Å². The molecular formula is C42H36F4Na4O14P4S2. The van der Waals surface area contributed by atoms with Crippen molar-refractivity contribution in [1.29, 1.82) is 0 Å². The van der Waals surface area contributed by atoms with Gasteiger partial charge in [-0.15, -0.1) is 18.9 Å². The average Bonchev–Trinajstić information content (AvgIpc) is 3.30. The number of thioether (sulfide) groups is 2. The molecule has 0 saturated heterocycles. The summed E-state index contributed by atoms with van der Waals surface area (Å²) in [5.74, 6) is 1.52. The number of phenols is 2. The largest absolute Gasteiger partial charge is 1.00 e. The summed E-state index contributed by atoms with van der Waals surface area (Å²) in [5.41, 5.74) is 7.12. The number of hydrogen-bond donors (Lipinski definition) is 2. The van der Waals surface area contributed by atoms with Gasteiger partial charge in [0.05, 0.1) is 12.3 Å². The van der Waals surface area contributed by atoms with E-state index in [0.29, 0.717) is 56.4 Å². The van der Waals surface area contributed by atoms with Crippen LogP contribution >= 0.6 is 53.9 Å². The van der Waals surface area contributed by atoms with Gasteiger partial charge in [-0.1, -0.05) is 109 Å². The number of rotatable bonds is 20. The second kappa shape index (κ2) is 31.9. The molecule has 0 atom stereocenters. The Balaban J connectivity index is 0.000000662. The fraction of sp³-hybridized carbons (Fsp3) is 0.143. The van der Waals surface area contributed by atoms with Gasteiger partial charge in [-0.2, -0.15) is 23.5 Å². The first-order valence-corrected chi connectivity index (χ1v) is 27.7. The molecule has 0 amide bonds. The standard InChI is InChI=1S/2C21H20F2O7P2S.4Na/c2*22-29-31(25,30-23)12-15-1-3-16(4-2-15)13-33-14-17-5-7-18(8-6-17)19-9-10-20(24)21(11-19)32(26,27)28;;;;/h2*1-11,24H,12-14H2,(H2,26,27,28);;;;/q;;4*+1/p-4. The molecular weight excluding hydrogens is 1080 g/mol. The Morgan fingerprint density at radius 2 is 0.614 bits per heavy atom. The third-order valence-corrected chi connectivity index (χ3v) is 15.8. The summed E-state index contributed by atoms with van der Waals surface area (Å²) in [7, 11) is -19.0. The smallest absolute Gasteiger partial charge is 0.807 e. The molecule has 2 N–H and O–H groups in total. The van der Waals surface area contributed by atoms with E-state index in [1.807, 2.05) is 24.3 Å². The molecule has 0 aliphatic rings. The molecule has 0 radical (unpaired) electrons. The fourth-order valence-corrected chi connectivity index (χ4v) is 10.8. The van der Waals surface area contributed by atoms with Crippen molar-refractivity contribution < 1.29 is 203 Å². The van der Waals surface area contributed by atoms with Gasteiger partial charge in [-0.25, -0.2) is 0 Å². The Kier molecular flexibility index (Phi) is 30.9. The molecule has 0 unspecified atom stereocenters. The average molecular weight is 1120 g/mol. The van der Waals surface area contributed by atoms with Crippen LogP contribution in [0.3, 0.4) is 0 Å². The summed E-state index contributed by atoms with van der Waals surface area (Å²) in [6.07, 6.45) is -1.05. The third-order valence-electron chi connectivity index (χ3n) is 9.41. The Bertz CT molecular complexity index is 2560. The van der Waals surface area contributed by atoms with E-state index in [9.17, 15) is 66.2 Å². The van der Waals surface area contributed by atoms with Crippen molar-refractivity contribution in [3.05, 3.63) is 167 Å². The topological polar surface area (TPSA) is 238 Å². The summed E-state index contributed by atoms with van der Waals surface area (Å²) < 4.78 is 107. The summed E-state index contributed by atoms with van der Waals surface area (Å²) in [5, 5.41) is 18.0. The molecule has 28 heteroatoms. The van der Waals surface area contributed by atoms with Crippen molar-refractivity contribution in [1.82, 2.24) is 0 Å². The molecule has 0 aromatic heterocycles. The number of benzene rings is 6. The Morgan fingerprint density at radius 1 is 0.386 bits per heavy atom. The molecule has 6 aromatic carbocycles. The van der Waals surface area contributed by atoms with E-state index >= 15 is 0 Å². The van der Waals surface area contributed by atoms with Gasteiger partial charge in [-0.3, -0.25) is 9.13 Å². The number of hydrogen-bond acceptors (Lipinski definition) is 16. The Labute approximate surface area is 497 Å². The van der Waals surface area contributed by atoms with Gasteiger partial charge in [-0.05, 0) is 113 Å². The molecule has 70 heavy (non-hydrogen) atoms. The monoisotopic (exact) mass is 1120 g/mol. The van der Waals surface area contributed by atoms with E-state index in [4.69, 9.17) is 0 Å². The quantitative estimate of drug-likeness (QED) is 0.0442. The van der Waals surface area contributed by atoms with E-state index in [0.717, 1.165) is 34.4 Å². The van der Waals surface area contributed by atoms with Crippen LogP contribution in [-0.2, 0) is 72.5 Å². The van der Waals surface area contributed by atoms with E-state index in [1.165, 1.54) is 24.3 Å². The zero-order valence-electron chi connectivity index (χ0n) is 37.9. The van der Waals surface area contributed by atoms with Crippen molar-refractivity contribution in [3.63, 3.8) is 0 Å². The molecule has 352 valence electrons. The minimum atomic E-state index is -5.09. The third kappa shape index (κ3) is 21.2. The van der Waals surface area contributed by atoms with Gasteiger partial charge >= 0.3 is 133 Å². The minimum Gasteiger partial charge on any atom is -0.807 e. The van der Waals surface area contributed by atoms with Crippen LogP contribution in [0.1, 0.15) is 33.4 Å². The van der Waals surface area contributed by atoms with Gasteiger partial charge in [0.1, 0.15) is 11.5 Å². The Morgan fingerprint density at radius 3 is 0.857 bits per heavy atom. The molecule has 6 rings (SSSR count). The number of phenolic OH excluding ortho intramolecular Hbond substituents is 2. The SMILES string of the molecule is O=P(Cc1ccc(CSCc2ccc(-c3ccc(O)c(P(=O)([O-])[O-])c3)cc2)cc1)(OF)OF.O=P(Cc1ccc(CSCc2ccc(-c3ccc(O)c(P(=O)([O-])[O-])c3)cc2)cc1)(OF)OF.[Na+].[Na+].[Na+].[Na+]. The van der Waals surface area contributed by atoms with Crippen LogP contribution in [-0.4, -0.2) is 10.2 Å². The molecule has 0 aliphatic heterocycles. The number of halogens is 4. The molecule has 0 spiro atoms. The van der Waals surface area contributed by atoms with Crippen molar-refractivity contribution in [3.8, 4) is 33.8 Å². The van der Waals surface area contributed by atoms with Gasteiger partial charge in [0.15, 0.2) is 0 Å². The van der Waals surface area contributed by atoms with E-state index < -0.39 is 64.8 Å². The fourth-order valence-electron chi connectivity index (χ4n) is 6.05. The molecule has 6 aromatic rings. The van der Waals surface area contributed by atoms with Crippen LogP contribution in [0.2, 0.25) is 0 Å². The Hall–Kier alpha value is -0.0600. The normalized spacial score (nSPS) is 11.4. The predicted molar refractivity (Wildman–Crippen MR) is 236 cm³/mol. The van der Waals surface area contributed by atoms with Gasteiger partial charge in [0.2, 0.25) is 0 Å². The van der Waals surface area contributed by atoms with Crippen LogP contribution in [0.25, 0.3) is 22.3 Å². The first-order chi connectivity index (χ1) is 31.3. The molecule has 0 fully saturated rings. The van der Waals surface area contributed by atoms with E-state index in [1.54, 1.807) is 96.3 Å². The van der Waals surface area contributed by atoms with Crippen molar-refractivity contribution >= 4 is 64.5 Å². The predicted octanol–water partition coefficient (Wildman–Crippen LogP) is -2.93. The summed E-state index contributed by atoms with van der Waals surface area (Å²) >= 11 is 3.24. The summed E-state index contributed by atoms with van der Waals surface area (Å²) in [6, 6.07) is 35.7.